The van der Waals surface area contributed by atoms with E-state index in [1.807, 2.05) is 0 Å². The van der Waals surface area contributed by atoms with Gasteiger partial charge in [-0.3, -0.25) is 4.79 Å². The third-order valence-corrected chi connectivity index (χ3v) is 3.71. The minimum atomic E-state index is -0.217. The van der Waals surface area contributed by atoms with Gasteiger partial charge in [0.05, 0.1) is 0 Å². The molecule has 0 bridgehead atoms. The van der Waals surface area contributed by atoms with Crippen molar-refractivity contribution in [2.75, 3.05) is 6.54 Å². The molecule has 3 heteroatoms. The number of hydrogen-bond acceptors (Lipinski definition) is 2. The molecule has 17 heavy (non-hydrogen) atoms. The van der Waals surface area contributed by atoms with E-state index < -0.39 is 0 Å². The van der Waals surface area contributed by atoms with Gasteiger partial charge in [0.25, 0.3) is 0 Å². The number of carbonyl (C=O) groups excluding carboxylic acids is 1. The van der Waals surface area contributed by atoms with E-state index in [0.29, 0.717) is 6.42 Å². The Morgan fingerprint density at radius 1 is 1.18 bits per heavy atom. The molecule has 1 fully saturated rings. The lowest BCUT2D eigenvalue weighted by atomic mass is 9.80. The fraction of sp³-hybridized carbons (Fsp3) is 0.929. The third kappa shape index (κ3) is 6.06. The molecule has 0 unspecified atom stereocenters. The molecule has 0 spiro atoms. The van der Waals surface area contributed by atoms with Crippen molar-refractivity contribution in [3.8, 4) is 0 Å². The highest BCUT2D eigenvalue weighted by atomic mass is 16.1. The van der Waals surface area contributed by atoms with Gasteiger partial charge in [-0.1, -0.05) is 45.4 Å². The smallest absolute Gasteiger partial charge is 0.221 e. The molecule has 1 rings (SSSR count). The highest BCUT2D eigenvalue weighted by molar-refractivity contribution is 5.77. The van der Waals surface area contributed by atoms with Crippen LogP contribution in [0.2, 0.25) is 0 Å². The molecule has 1 aliphatic rings. The quantitative estimate of drug-likeness (QED) is 0.672. The Bertz CT molecular complexity index is 222. The summed E-state index contributed by atoms with van der Waals surface area (Å²) in [4.78, 5) is 11.8. The Kier molecular flexibility index (Phi) is 6.56. The van der Waals surface area contributed by atoms with Crippen molar-refractivity contribution in [1.29, 1.82) is 0 Å². The molecule has 0 aromatic carbocycles. The molecule has 0 aliphatic heterocycles. The Hall–Kier alpha value is -0.570. The Morgan fingerprint density at radius 2 is 1.88 bits per heavy atom. The molecule has 1 amide bonds. The largest absolute Gasteiger partial charge is 0.356 e. The van der Waals surface area contributed by atoms with E-state index in [-0.39, 0.29) is 11.4 Å². The summed E-state index contributed by atoms with van der Waals surface area (Å²) < 4.78 is 0. The fourth-order valence-corrected chi connectivity index (χ4v) is 2.59. The second-order valence-electron chi connectivity index (χ2n) is 5.51. The lowest BCUT2D eigenvalue weighted by Gasteiger charge is -2.32. The second kappa shape index (κ2) is 7.70. The molecule has 1 aliphatic carbocycles. The van der Waals surface area contributed by atoms with Crippen LogP contribution in [-0.4, -0.2) is 18.0 Å². The summed E-state index contributed by atoms with van der Waals surface area (Å²) in [5.41, 5.74) is 6.03. The molecular weight excluding hydrogens is 212 g/mol. The van der Waals surface area contributed by atoms with Gasteiger partial charge in [0, 0.05) is 18.5 Å². The lowest BCUT2D eigenvalue weighted by molar-refractivity contribution is -0.122. The number of hydrogen-bond donors (Lipinski definition) is 2. The van der Waals surface area contributed by atoms with Crippen LogP contribution in [-0.2, 0) is 4.79 Å². The third-order valence-electron chi connectivity index (χ3n) is 3.71. The molecule has 0 atom stereocenters. The van der Waals surface area contributed by atoms with Gasteiger partial charge in [-0.15, -0.1) is 0 Å². The molecule has 0 radical (unpaired) electrons. The lowest BCUT2D eigenvalue weighted by Crippen LogP contribution is -2.46. The molecular formula is C14H28N2O. The van der Waals surface area contributed by atoms with Crippen LogP contribution in [0.5, 0.6) is 0 Å². The van der Waals surface area contributed by atoms with Crippen molar-refractivity contribution in [2.45, 2.75) is 76.7 Å². The Morgan fingerprint density at radius 3 is 2.53 bits per heavy atom. The zero-order valence-electron chi connectivity index (χ0n) is 11.3. The number of rotatable bonds is 7. The summed E-state index contributed by atoms with van der Waals surface area (Å²) in [5.74, 6) is 0.144. The van der Waals surface area contributed by atoms with Gasteiger partial charge < -0.3 is 11.1 Å². The maximum Gasteiger partial charge on any atom is 0.221 e. The highest BCUT2D eigenvalue weighted by Gasteiger charge is 2.29. The van der Waals surface area contributed by atoms with Crippen LogP contribution in [0.3, 0.4) is 0 Å². The van der Waals surface area contributed by atoms with Gasteiger partial charge >= 0.3 is 0 Å². The number of nitrogens with one attached hydrogen (secondary N) is 1. The molecule has 3 nitrogen and oxygen atoms in total. The average Bonchev–Trinajstić information content (AvgIpc) is 2.29. The highest BCUT2D eigenvalue weighted by Crippen LogP contribution is 2.28. The van der Waals surface area contributed by atoms with E-state index in [2.05, 4.69) is 12.2 Å². The maximum atomic E-state index is 11.8. The Labute approximate surface area is 106 Å². The van der Waals surface area contributed by atoms with Crippen molar-refractivity contribution in [2.24, 2.45) is 5.73 Å². The van der Waals surface area contributed by atoms with Gasteiger partial charge in [0.1, 0.15) is 0 Å². The van der Waals surface area contributed by atoms with E-state index in [9.17, 15) is 4.79 Å². The van der Waals surface area contributed by atoms with E-state index in [4.69, 9.17) is 5.73 Å². The number of nitrogens with two attached hydrogens (primary N) is 1. The van der Waals surface area contributed by atoms with Gasteiger partial charge in [-0.25, -0.2) is 0 Å². The minimum Gasteiger partial charge on any atom is -0.356 e. The van der Waals surface area contributed by atoms with E-state index in [1.165, 1.54) is 38.5 Å². The van der Waals surface area contributed by atoms with Crippen LogP contribution >= 0.6 is 0 Å². The molecule has 0 heterocycles. The van der Waals surface area contributed by atoms with Crippen LogP contribution in [0, 0.1) is 0 Å². The van der Waals surface area contributed by atoms with Crippen LogP contribution in [0.4, 0.5) is 0 Å². The summed E-state index contributed by atoms with van der Waals surface area (Å²) in [6, 6.07) is 0. The van der Waals surface area contributed by atoms with Crippen LogP contribution in [0.1, 0.15) is 71.1 Å². The normalized spacial score (nSPS) is 18.9. The molecule has 0 saturated heterocycles. The standard InChI is InChI=1S/C14H28N2O/c1-2-3-4-8-11-16-13(17)12-14(15)9-6-5-7-10-14/h2-12,15H2,1H3,(H,16,17). The van der Waals surface area contributed by atoms with Gasteiger partial charge in [-0.2, -0.15) is 0 Å². The minimum absolute atomic E-state index is 0.144. The Balaban J connectivity index is 2.11. The topological polar surface area (TPSA) is 55.1 Å². The first-order valence-corrected chi connectivity index (χ1v) is 7.22. The summed E-state index contributed by atoms with van der Waals surface area (Å²) in [6.45, 7) is 3.01. The van der Waals surface area contributed by atoms with E-state index in [0.717, 1.165) is 25.8 Å². The average molecular weight is 240 g/mol. The first-order valence-electron chi connectivity index (χ1n) is 7.22. The van der Waals surface area contributed by atoms with Crippen LogP contribution < -0.4 is 11.1 Å². The van der Waals surface area contributed by atoms with Crippen LogP contribution in [0.25, 0.3) is 0 Å². The zero-order valence-corrected chi connectivity index (χ0v) is 11.3. The molecule has 0 aromatic heterocycles. The van der Waals surface area contributed by atoms with Gasteiger partial charge in [0.15, 0.2) is 0 Å². The molecule has 3 N–H and O–H groups in total. The first kappa shape index (κ1) is 14.5. The summed E-state index contributed by atoms with van der Waals surface area (Å²) in [7, 11) is 0. The summed E-state index contributed by atoms with van der Waals surface area (Å²) >= 11 is 0. The molecule has 1 saturated carbocycles. The first-order chi connectivity index (χ1) is 8.16. The summed E-state index contributed by atoms with van der Waals surface area (Å²) in [6.07, 6.45) is 11.0. The predicted molar refractivity (Wildman–Crippen MR) is 71.8 cm³/mol. The predicted octanol–water partition coefficient (Wildman–Crippen LogP) is 2.73. The van der Waals surface area contributed by atoms with E-state index in [1.54, 1.807) is 0 Å². The molecule has 0 aromatic rings. The molecule has 100 valence electrons. The number of carbonyl (C=O) groups is 1. The zero-order chi connectivity index (χ0) is 12.6. The maximum absolute atomic E-state index is 11.8. The van der Waals surface area contributed by atoms with Crippen molar-refractivity contribution in [1.82, 2.24) is 5.32 Å². The number of unbranched alkanes of at least 4 members (excludes halogenated alkanes) is 3. The monoisotopic (exact) mass is 240 g/mol. The van der Waals surface area contributed by atoms with Gasteiger partial charge in [-0.05, 0) is 19.3 Å². The summed E-state index contributed by atoms with van der Waals surface area (Å²) in [5, 5.41) is 3.00. The van der Waals surface area contributed by atoms with Gasteiger partial charge in [0.2, 0.25) is 5.91 Å². The van der Waals surface area contributed by atoms with Crippen molar-refractivity contribution in [3.05, 3.63) is 0 Å². The van der Waals surface area contributed by atoms with Crippen molar-refractivity contribution >= 4 is 5.91 Å². The van der Waals surface area contributed by atoms with E-state index >= 15 is 0 Å². The van der Waals surface area contributed by atoms with Crippen molar-refractivity contribution in [3.63, 3.8) is 0 Å². The second-order valence-corrected chi connectivity index (χ2v) is 5.51. The number of amides is 1. The SMILES string of the molecule is CCCCCCNC(=O)CC1(N)CCCCC1. The fourth-order valence-electron chi connectivity index (χ4n) is 2.59. The van der Waals surface area contributed by atoms with Crippen molar-refractivity contribution < 1.29 is 4.79 Å². The van der Waals surface area contributed by atoms with Crippen LogP contribution in [0.15, 0.2) is 0 Å².